The second-order valence-corrected chi connectivity index (χ2v) is 6.97. The Morgan fingerprint density at radius 2 is 1.70 bits per heavy atom. The molecule has 2 aromatic heterocycles. The molecule has 0 unspecified atom stereocenters. The fourth-order valence-electron chi connectivity index (χ4n) is 2.68. The number of oxazole rings is 1. The minimum absolute atomic E-state index is 0.174. The molecular formula is C21H17N3O2S. The minimum atomic E-state index is -0.174. The number of thiazole rings is 1. The van der Waals surface area contributed by atoms with Gasteiger partial charge in [-0.3, -0.25) is 4.79 Å². The second kappa shape index (κ2) is 7.55. The van der Waals surface area contributed by atoms with Crippen LogP contribution in [0.1, 0.15) is 21.3 Å². The van der Waals surface area contributed by atoms with Crippen molar-refractivity contribution in [3.8, 4) is 21.9 Å². The SMILES string of the molecule is Cc1nc(-c2ccccc2)sc1C(=O)NCc1ncc(-c2ccccc2)o1. The van der Waals surface area contributed by atoms with Gasteiger partial charge in [0.2, 0.25) is 5.89 Å². The molecule has 0 fully saturated rings. The van der Waals surface area contributed by atoms with E-state index < -0.39 is 0 Å². The van der Waals surface area contributed by atoms with Gasteiger partial charge in [-0.1, -0.05) is 60.7 Å². The number of rotatable bonds is 5. The number of nitrogens with one attached hydrogen (secondary N) is 1. The van der Waals surface area contributed by atoms with Crippen molar-refractivity contribution in [2.45, 2.75) is 13.5 Å². The molecule has 0 aliphatic carbocycles. The number of aryl methyl sites for hydroxylation is 1. The van der Waals surface area contributed by atoms with Gasteiger partial charge in [-0.05, 0) is 6.92 Å². The van der Waals surface area contributed by atoms with Crippen molar-refractivity contribution >= 4 is 17.2 Å². The summed E-state index contributed by atoms with van der Waals surface area (Å²) in [6, 6.07) is 19.6. The average molecular weight is 375 g/mol. The molecule has 1 N–H and O–H groups in total. The number of hydrogen-bond donors (Lipinski definition) is 1. The van der Waals surface area contributed by atoms with Crippen LogP contribution in [0.15, 0.2) is 71.3 Å². The van der Waals surface area contributed by atoms with Gasteiger partial charge in [0.15, 0.2) is 5.76 Å². The molecule has 0 saturated carbocycles. The Hall–Kier alpha value is -3.25. The summed E-state index contributed by atoms with van der Waals surface area (Å²) in [7, 11) is 0. The van der Waals surface area contributed by atoms with Crippen LogP contribution < -0.4 is 5.32 Å². The number of nitrogens with zero attached hydrogens (tertiary/aromatic N) is 2. The summed E-state index contributed by atoms with van der Waals surface area (Å²) in [5, 5.41) is 3.69. The summed E-state index contributed by atoms with van der Waals surface area (Å²) in [6.07, 6.45) is 1.67. The number of carbonyl (C=O) groups excluding carboxylic acids is 1. The third kappa shape index (κ3) is 3.80. The van der Waals surface area contributed by atoms with Crippen LogP contribution in [0, 0.1) is 6.92 Å². The topological polar surface area (TPSA) is 68.0 Å². The lowest BCUT2D eigenvalue weighted by atomic mass is 10.2. The quantitative estimate of drug-likeness (QED) is 0.549. The molecule has 0 aliphatic heterocycles. The van der Waals surface area contributed by atoms with Crippen molar-refractivity contribution in [1.82, 2.24) is 15.3 Å². The summed E-state index contributed by atoms with van der Waals surface area (Å²) < 4.78 is 5.72. The highest BCUT2D eigenvalue weighted by atomic mass is 32.1. The van der Waals surface area contributed by atoms with Crippen LogP contribution in [0.2, 0.25) is 0 Å². The molecule has 27 heavy (non-hydrogen) atoms. The molecule has 0 atom stereocenters. The molecule has 0 aliphatic rings. The minimum Gasteiger partial charge on any atom is -0.439 e. The van der Waals surface area contributed by atoms with Crippen molar-refractivity contribution in [2.24, 2.45) is 0 Å². The van der Waals surface area contributed by atoms with E-state index in [0.29, 0.717) is 22.2 Å². The summed E-state index contributed by atoms with van der Waals surface area (Å²) in [5.41, 5.74) is 2.67. The molecule has 0 bridgehead atoms. The maximum atomic E-state index is 12.6. The highest BCUT2D eigenvalue weighted by Gasteiger charge is 2.17. The van der Waals surface area contributed by atoms with Crippen LogP contribution in [0.3, 0.4) is 0 Å². The van der Waals surface area contributed by atoms with Crippen molar-refractivity contribution < 1.29 is 9.21 Å². The third-order valence-electron chi connectivity index (χ3n) is 4.04. The number of hydrogen-bond acceptors (Lipinski definition) is 5. The van der Waals surface area contributed by atoms with Gasteiger partial charge < -0.3 is 9.73 Å². The summed E-state index contributed by atoms with van der Waals surface area (Å²) in [4.78, 5) is 21.9. The number of amides is 1. The van der Waals surface area contributed by atoms with E-state index in [4.69, 9.17) is 4.42 Å². The van der Waals surface area contributed by atoms with E-state index in [1.165, 1.54) is 11.3 Å². The van der Waals surface area contributed by atoms with Crippen LogP contribution in [0.25, 0.3) is 21.9 Å². The lowest BCUT2D eigenvalue weighted by Crippen LogP contribution is -2.22. The van der Waals surface area contributed by atoms with E-state index in [2.05, 4.69) is 15.3 Å². The van der Waals surface area contributed by atoms with Gasteiger partial charge in [-0.25, -0.2) is 9.97 Å². The van der Waals surface area contributed by atoms with Crippen molar-refractivity contribution in [2.75, 3.05) is 0 Å². The Morgan fingerprint density at radius 1 is 1.04 bits per heavy atom. The van der Waals surface area contributed by atoms with Gasteiger partial charge in [-0.2, -0.15) is 0 Å². The Kier molecular flexibility index (Phi) is 4.80. The maximum absolute atomic E-state index is 12.6. The average Bonchev–Trinajstić information content (AvgIpc) is 3.34. The van der Waals surface area contributed by atoms with Crippen molar-refractivity contribution in [3.05, 3.63) is 83.3 Å². The fraction of sp³-hybridized carbons (Fsp3) is 0.0952. The van der Waals surface area contributed by atoms with E-state index in [1.807, 2.05) is 67.6 Å². The second-order valence-electron chi connectivity index (χ2n) is 5.97. The van der Waals surface area contributed by atoms with Crippen LogP contribution in [-0.2, 0) is 6.54 Å². The van der Waals surface area contributed by atoms with Crippen LogP contribution in [0.5, 0.6) is 0 Å². The number of carbonyl (C=O) groups is 1. The van der Waals surface area contributed by atoms with E-state index in [9.17, 15) is 4.79 Å². The standard InChI is InChI=1S/C21H17N3O2S/c1-14-19(27-21(24-14)16-10-6-3-7-11-16)20(25)23-13-18-22-12-17(26-18)15-8-4-2-5-9-15/h2-12H,13H2,1H3,(H,23,25). The van der Waals surface area contributed by atoms with E-state index in [1.54, 1.807) is 6.20 Å². The summed E-state index contributed by atoms with van der Waals surface area (Å²) in [5.74, 6) is 0.972. The van der Waals surface area contributed by atoms with Gasteiger partial charge in [0.25, 0.3) is 5.91 Å². The highest BCUT2D eigenvalue weighted by molar-refractivity contribution is 7.17. The molecule has 4 rings (SSSR count). The fourth-order valence-corrected chi connectivity index (χ4v) is 3.66. The molecule has 1 amide bonds. The molecule has 2 aromatic carbocycles. The Morgan fingerprint density at radius 3 is 2.41 bits per heavy atom. The Balaban J connectivity index is 1.45. The van der Waals surface area contributed by atoms with Crippen molar-refractivity contribution in [3.63, 3.8) is 0 Å². The zero-order valence-corrected chi connectivity index (χ0v) is 15.5. The number of aromatic nitrogens is 2. The first kappa shape index (κ1) is 17.2. The molecule has 0 spiro atoms. The van der Waals surface area contributed by atoms with Crippen LogP contribution >= 0.6 is 11.3 Å². The van der Waals surface area contributed by atoms with Crippen LogP contribution in [-0.4, -0.2) is 15.9 Å². The molecule has 4 aromatic rings. The molecule has 0 radical (unpaired) electrons. The first-order valence-corrected chi connectivity index (χ1v) is 9.33. The lowest BCUT2D eigenvalue weighted by molar-refractivity contribution is 0.0950. The monoisotopic (exact) mass is 375 g/mol. The molecule has 0 saturated heterocycles. The summed E-state index contributed by atoms with van der Waals surface area (Å²) in [6.45, 7) is 2.07. The molecule has 2 heterocycles. The maximum Gasteiger partial charge on any atom is 0.263 e. The summed E-state index contributed by atoms with van der Waals surface area (Å²) >= 11 is 1.38. The lowest BCUT2D eigenvalue weighted by Gasteiger charge is -2.01. The predicted octanol–water partition coefficient (Wildman–Crippen LogP) is 4.70. The third-order valence-corrected chi connectivity index (χ3v) is 5.24. The largest absolute Gasteiger partial charge is 0.439 e. The van der Waals surface area contributed by atoms with Gasteiger partial charge >= 0.3 is 0 Å². The molecule has 6 heteroatoms. The first-order chi connectivity index (χ1) is 13.2. The zero-order chi connectivity index (χ0) is 18.6. The van der Waals surface area contributed by atoms with Crippen LogP contribution in [0.4, 0.5) is 0 Å². The molecular weight excluding hydrogens is 358 g/mol. The van der Waals surface area contributed by atoms with E-state index in [-0.39, 0.29) is 12.5 Å². The Labute approximate surface area is 160 Å². The first-order valence-electron chi connectivity index (χ1n) is 8.52. The van der Waals surface area contributed by atoms with Crippen molar-refractivity contribution in [1.29, 1.82) is 0 Å². The smallest absolute Gasteiger partial charge is 0.263 e. The van der Waals surface area contributed by atoms with Gasteiger partial charge in [0.05, 0.1) is 18.4 Å². The predicted molar refractivity (Wildman–Crippen MR) is 105 cm³/mol. The zero-order valence-electron chi connectivity index (χ0n) is 14.7. The van der Waals surface area contributed by atoms with Gasteiger partial charge in [-0.15, -0.1) is 11.3 Å². The molecule has 134 valence electrons. The molecule has 5 nitrogen and oxygen atoms in total. The Bertz CT molecular complexity index is 1060. The van der Waals surface area contributed by atoms with E-state index >= 15 is 0 Å². The normalized spacial score (nSPS) is 10.7. The van der Waals surface area contributed by atoms with Gasteiger partial charge in [0.1, 0.15) is 9.88 Å². The van der Waals surface area contributed by atoms with Gasteiger partial charge in [0, 0.05) is 11.1 Å². The van der Waals surface area contributed by atoms with E-state index in [0.717, 1.165) is 16.1 Å². The highest BCUT2D eigenvalue weighted by Crippen LogP contribution is 2.27. The number of benzene rings is 2.